The summed E-state index contributed by atoms with van der Waals surface area (Å²) >= 11 is 4.06. The van der Waals surface area contributed by atoms with Crippen molar-refractivity contribution in [3.05, 3.63) is 45.4 Å². The molecule has 4 nitrogen and oxygen atoms in total. The predicted molar refractivity (Wildman–Crippen MR) is 68.5 cm³/mol. The van der Waals surface area contributed by atoms with Crippen molar-refractivity contribution in [2.75, 3.05) is 0 Å². The second kappa shape index (κ2) is 5.03. The molecule has 1 atom stereocenters. The summed E-state index contributed by atoms with van der Waals surface area (Å²) in [5, 5.41) is 12.0. The second-order valence-corrected chi connectivity index (χ2v) is 5.18. The molecule has 0 aliphatic carbocycles. The quantitative estimate of drug-likeness (QED) is 0.643. The third kappa shape index (κ3) is 2.59. The van der Waals surface area contributed by atoms with Gasteiger partial charge in [-0.05, 0) is 15.9 Å². The maximum absolute atomic E-state index is 12.0. The van der Waals surface area contributed by atoms with E-state index in [2.05, 4.69) is 21.2 Å². The predicted octanol–water partition coefficient (Wildman–Crippen LogP) is 1.61. The van der Waals surface area contributed by atoms with Gasteiger partial charge in [0.1, 0.15) is 0 Å². The van der Waals surface area contributed by atoms with Gasteiger partial charge in [0, 0.05) is 5.56 Å². The smallest absolute Gasteiger partial charge is 0.264 e. The number of carbonyl (C=O) groups excluding carboxylic acids is 2. The van der Waals surface area contributed by atoms with Gasteiger partial charge >= 0.3 is 0 Å². The molecule has 1 aliphatic heterocycles. The number of aliphatic hydroxyl groups is 1. The molecule has 0 radical (unpaired) electrons. The van der Waals surface area contributed by atoms with Crippen LogP contribution >= 0.6 is 27.7 Å². The van der Waals surface area contributed by atoms with Crippen LogP contribution in [0.15, 0.2) is 39.8 Å². The summed E-state index contributed by atoms with van der Waals surface area (Å²) in [4.78, 5) is 23.1. The van der Waals surface area contributed by atoms with Crippen LogP contribution in [0.25, 0.3) is 0 Å². The SMILES string of the molecule is O=C(/C(Br)=C1\NC(=O)C(O)S1)c1ccccc1. The number of carbonyl (C=O) groups is 2. The average Bonchev–Trinajstić information content (AvgIpc) is 2.69. The van der Waals surface area contributed by atoms with E-state index < -0.39 is 11.3 Å². The molecule has 2 rings (SSSR count). The van der Waals surface area contributed by atoms with Crippen molar-refractivity contribution in [3.8, 4) is 0 Å². The Hall–Kier alpha value is -1.11. The molecule has 1 aromatic carbocycles. The number of ketones is 1. The molecular weight excluding hydrogens is 306 g/mol. The molecule has 1 saturated heterocycles. The Morgan fingerprint density at radius 3 is 2.53 bits per heavy atom. The van der Waals surface area contributed by atoms with E-state index in [1.807, 2.05) is 6.07 Å². The second-order valence-electron chi connectivity index (χ2n) is 3.30. The molecule has 88 valence electrons. The van der Waals surface area contributed by atoms with Gasteiger partial charge in [-0.3, -0.25) is 9.59 Å². The fraction of sp³-hybridized carbons (Fsp3) is 0.0909. The van der Waals surface area contributed by atoms with Gasteiger partial charge in [0.2, 0.25) is 5.78 Å². The zero-order valence-electron chi connectivity index (χ0n) is 8.51. The minimum absolute atomic E-state index is 0.234. The lowest BCUT2D eigenvalue weighted by Gasteiger charge is -2.02. The first kappa shape index (κ1) is 12.3. The normalized spacial score (nSPS) is 22.2. The molecule has 1 heterocycles. The van der Waals surface area contributed by atoms with Crippen molar-refractivity contribution in [2.45, 2.75) is 5.44 Å². The molecule has 0 saturated carbocycles. The van der Waals surface area contributed by atoms with Gasteiger partial charge in [-0.2, -0.15) is 0 Å². The number of thioether (sulfide) groups is 1. The fourth-order valence-corrected chi connectivity index (χ4v) is 2.65. The lowest BCUT2D eigenvalue weighted by Crippen LogP contribution is -2.22. The van der Waals surface area contributed by atoms with Crippen LogP contribution in [-0.2, 0) is 4.79 Å². The third-order valence-electron chi connectivity index (χ3n) is 2.13. The van der Waals surface area contributed by atoms with Crippen molar-refractivity contribution < 1.29 is 14.7 Å². The van der Waals surface area contributed by atoms with Gasteiger partial charge in [-0.1, -0.05) is 42.1 Å². The monoisotopic (exact) mass is 313 g/mol. The highest BCUT2D eigenvalue weighted by molar-refractivity contribution is 9.12. The number of halogens is 1. The number of allylic oxidation sites excluding steroid dienone is 1. The average molecular weight is 314 g/mol. The number of hydrogen-bond donors (Lipinski definition) is 2. The fourth-order valence-electron chi connectivity index (χ4n) is 1.29. The lowest BCUT2D eigenvalue weighted by molar-refractivity contribution is -0.123. The molecule has 1 aromatic rings. The molecule has 2 N–H and O–H groups in total. The van der Waals surface area contributed by atoms with Crippen molar-refractivity contribution in [1.82, 2.24) is 5.32 Å². The van der Waals surface area contributed by atoms with Crippen molar-refractivity contribution in [1.29, 1.82) is 0 Å². The van der Waals surface area contributed by atoms with E-state index in [4.69, 9.17) is 0 Å². The van der Waals surface area contributed by atoms with Crippen molar-refractivity contribution in [2.24, 2.45) is 0 Å². The van der Waals surface area contributed by atoms with Gasteiger partial charge in [0.25, 0.3) is 5.91 Å². The first-order chi connectivity index (χ1) is 8.09. The number of benzene rings is 1. The molecule has 1 amide bonds. The highest BCUT2D eigenvalue weighted by Gasteiger charge is 2.30. The summed E-state index contributed by atoms with van der Waals surface area (Å²) in [6.45, 7) is 0. The maximum Gasteiger partial charge on any atom is 0.264 e. The Morgan fingerprint density at radius 1 is 1.35 bits per heavy atom. The number of aliphatic hydroxyl groups excluding tert-OH is 1. The van der Waals surface area contributed by atoms with Crippen LogP contribution in [0.1, 0.15) is 10.4 Å². The molecule has 0 bridgehead atoms. The van der Waals surface area contributed by atoms with E-state index in [-0.39, 0.29) is 10.3 Å². The molecular formula is C11H8BrNO3S. The Morgan fingerprint density at radius 2 is 2.00 bits per heavy atom. The molecule has 0 aromatic heterocycles. The molecule has 17 heavy (non-hydrogen) atoms. The number of Topliss-reactive ketones (excluding diaryl/α,β-unsaturated/α-hetero) is 1. The molecule has 6 heteroatoms. The van der Waals surface area contributed by atoms with Crippen LogP contribution in [0.2, 0.25) is 0 Å². The van der Waals surface area contributed by atoms with E-state index in [1.54, 1.807) is 24.3 Å². The Bertz CT molecular complexity index is 501. The topological polar surface area (TPSA) is 66.4 Å². The zero-order chi connectivity index (χ0) is 12.4. The third-order valence-corrected chi connectivity index (χ3v) is 4.12. The summed E-state index contributed by atoms with van der Waals surface area (Å²) in [5.74, 6) is -0.745. The Labute approximate surface area is 110 Å². The van der Waals surface area contributed by atoms with E-state index in [1.165, 1.54) is 0 Å². The van der Waals surface area contributed by atoms with Crippen LogP contribution in [0.3, 0.4) is 0 Å². The van der Waals surface area contributed by atoms with Crippen LogP contribution in [0, 0.1) is 0 Å². The Kier molecular flexibility index (Phi) is 3.66. The highest BCUT2D eigenvalue weighted by atomic mass is 79.9. The van der Waals surface area contributed by atoms with E-state index in [0.717, 1.165) is 11.8 Å². The number of amides is 1. The van der Waals surface area contributed by atoms with Gasteiger partial charge in [0.05, 0.1) is 9.51 Å². The Balaban J connectivity index is 2.27. The summed E-state index contributed by atoms with van der Waals surface area (Å²) in [6, 6.07) is 8.69. The molecule has 0 spiro atoms. The summed E-state index contributed by atoms with van der Waals surface area (Å²) < 4.78 is 0.249. The van der Waals surface area contributed by atoms with Crippen LogP contribution in [0.4, 0.5) is 0 Å². The molecule has 1 fully saturated rings. The minimum atomic E-state index is -1.15. The maximum atomic E-state index is 12.0. The standard InChI is InChI=1S/C11H8BrNO3S/c12-7(10-13-9(15)11(16)17-10)8(14)6-4-2-1-3-5-6/h1-5,11,16H,(H,13,15)/b10-7-. The number of hydrogen-bond acceptors (Lipinski definition) is 4. The largest absolute Gasteiger partial charge is 0.373 e. The minimum Gasteiger partial charge on any atom is -0.373 e. The molecule has 1 aliphatic rings. The van der Waals surface area contributed by atoms with Gasteiger partial charge in [0.15, 0.2) is 5.44 Å². The van der Waals surface area contributed by atoms with Crippen LogP contribution in [0.5, 0.6) is 0 Å². The highest BCUT2D eigenvalue weighted by Crippen LogP contribution is 2.31. The lowest BCUT2D eigenvalue weighted by atomic mass is 10.1. The number of nitrogens with one attached hydrogen (secondary N) is 1. The first-order valence-electron chi connectivity index (χ1n) is 4.74. The van der Waals surface area contributed by atoms with Gasteiger partial charge in [-0.25, -0.2) is 0 Å². The zero-order valence-corrected chi connectivity index (χ0v) is 10.9. The van der Waals surface area contributed by atoms with E-state index in [9.17, 15) is 14.7 Å². The van der Waals surface area contributed by atoms with E-state index in [0.29, 0.717) is 10.6 Å². The van der Waals surface area contributed by atoms with Crippen LogP contribution in [-0.4, -0.2) is 22.2 Å². The van der Waals surface area contributed by atoms with Gasteiger partial charge < -0.3 is 10.4 Å². The molecule has 1 unspecified atom stereocenters. The van der Waals surface area contributed by atoms with E-state index >= 15 is 0 Å². The van der Waals surface area contributed by atoms with Crippen LogP contribution < -0.4 is 5.32 Å². The summed E-state index contributed by atoms with van der Waals surface area (Å²) in [6.07, 6.45) is 0. The summed E-state index contributed by atoms with van der Waals surface area (Å²) in [7, 11) is 0. The first-order valence-corrected chi connectivity index (χ1v) is 6.42. The summed E-state index contributed by atoms with van der Waals surface area (Å²) in [5.41, 5.74) is -0.635. The van der Waals surface area contributed by atoms with Gasteiger partial charge in [-0.15, -0.1) is 0 Å². The number of rotatable bonds is 2. The van der Waals surface area contributed by atoms with Crippen molar-refractivity contribution in [3.63, 3.8) is 0 Å². The van der Waals surface area contributed by atoms with Crippen molar-refractivity contribution >= 4 is 39.4 Å².